The number of furan rings is 1. The van der Waals surface area contributed by atoms with Crippen LogP contribution in [-0.2, 0) is 0 Å². The number of nitro benzene ring substituents is 1. The zero-order valence-electron chi connectivity index (χ0n) is 9.91. The SMILES string of the molecule is O=[N+]([O-])c1cccc(-c2n[nH]c(-c3ccc(Br)o3)n2)c1. The number of H-pyrrole nitrogens is 1. The molecule has 0 amide bonds. The summed E-state index contributed by atoms with van der Waals surface area (Å²) in [6, 6.07) is 9.61. The molecular weight excluding hydrogens is 328 g/mol. The van der Waals surface area contributed by atoms with Crippen molar-refractivity contribution in [2.24, 2.45) is 0 Å². The molecule has 2 aromatic heterocycles. The first-order chi connectivity index (χ1) is 9.63. The summed E-state index contributed by atoms with van der Waals surface area (Å²) in [5, 5.41) is 17.5. The Morgan fingerprint density at radius 2 is 2.15 bits per heavy atom. The van der Waals surface area contributed by atoms with Gasteiger partial charge in [0.25, 0.3) is 5.69 Å². The van der Waals surface area contributed by atoms with Crippen LogP contribution in [0.25, 0.3) is 23.0 Å². The first-order valence-corrected chi connectivity index (χ1v) is 6.36. The van der Waals surface area contributed by atoms with Gasteiger partial charge >= 0.3 is 0 Å². The molecule has 1 aromatic carbocycles. The van der Waals surface area contributed by atoms with Crippen LogP contribution in [0.3, 0.4) is 0 Å². The molecule has 0 aliphatic carbocycles. The smallest absolute Gasteiger partial charge is 0.270 e. The first kappa shape index (κ1) is 12.5. The molecule has 0 aliphatic heterocycles. The molecule has 0 saturated carbocycles. The van der Waals surface area contributed by atoms with E-state index in [1.807, 2.05) is 0 Å². The minimum atomic E-state index is -0.458. The van der Waals surface area contributed by atoms with Crippen LogP contribution in [0.5, 0.6) is 0 Å². The van der Waals surface area contributed by atoms with Gasteiger partial charge in [-0.3, -0.25) is 15.2 Å². The summed E-state index contributed by atoms with van der Waals surface area (Å²) in [6.07, 6.45) is 0. The van der Waals surface area contributed by atoms with Gasteiger partial charge in [-0.1, -0.05) is 12.1 Å². The van der Waals surface area contributed by atoms with Crippen molar-refractivity contribution in [2.45, 2.75) is 0 Å². The highest BCUT2D eigenvalue weighted by atomic mass is 79.9. The topological polar surface area (TPSA) is 97.8 Å². The molecule has 3 rings (SSSR count). The van der Waals surface area contributed by atoms with Crippen LogP contribution in [0, 0.1) is 10.1 Å². The van der Waals surface area contributed by atoms with Crippen molar-refractivity contribution >= 4 is 21.6 Å². The molecule has 0 saturated heterocycles. The fraction of sp³-hybridized carbons (Fsp3) is 0. The first-order valence-electron chi connectivity index (χ1n) is 5.56. The quantitative estimate of drug-likeness (QED) is 0.584. The van der Waals surface area contributed by atoms with E-state index in [-0.39, 0.29) is 5.69 Å². The van der Waals surface area contributed by atoms with E-state index in [4.69, 9.17) is 4.42 Å². The van der Waals surface area contributed by atoms with Crippen molar-refractivity contribution in [3.8, 4) is 23.0 Å². The normalized spacial score (nSPS) is 10.7. The number of hydrogen-bond donors (Lipinski definition) is 1. The van der Waals surface area contributed by atoms with Crippen molar-refractivity contribution < 1.29 is 9.34 Å². The molecule has 0 bridgehead atoms. The summed E-state index contributed by atoms with van der Waals surface area (Å²) >= 11 is 3.20. The van der Waals surface area contributed by atoms with Crippen LogP contribution in [0.1, 0.15) is 0 Å². The number of nitro groups is 1. The highest BCUT2D eigenvalue weighted by Gasteiger charge is 2.13. The molecule has 0 aliphatic rings. The largest absolute Gasteiger partial charge is 0.446 e. The third-order valence-corrected chi connectivity index (χ3v) is 3.03. The van der Waals surface area contributed by atoms with E-state index in [0.29, 0.717) is 27.6 Å². The van der Waals surface area contributed by atoms with E-state index in [0.717, 1.165) is 0 Å². The molecule has 0 fully saturated rings. The van der Waals surface area contributed by atoms with E-state index in [1.54, 1.807) is 24.3 Å². The summed E-state index contributed by atoms with van der Waals surface area (Å²) < 4.78 is 5.94. The Labute approximate surface area is 120 Å². The predicted molar refractivity (Wildman–Crippen MR) is 73.9 cm³/mol. The lowest BCUT2D eigenvalue weighted by Crippen LogP contribution is -1.88. The van der Waals surface area contributed by atoms with Gasteiger partial charge in [0.15, 0.2) is 22.1 Å². The lowest BCUT2D eigenvalue weighted by atomic mass is 10.2. The highest BCUT2D eigenvalue weighted by molar-refractivity contribution is 9.10. The minimum absolute atomic E-state index is 0.00501. The van der Waals surface area contributed by atoms with Gasteiger partial charge in [0.1, 0.15) is 0 Å². The Hall–Kier alpha value is -2.48. The second-order valence-electron chi connectivity index (χ2n) is 3.92. The number of non-ortho nitro benzene ring substituents is 1. The molecular formula is C12H7BrN4O3. The maximum Gasteiger partial charge on any atom is 0.270 e. The second-order valence-corrected chi connectivity index (χ2v) is 4.70. The van der Waals surface area contributed by atoms with Gasteiger partial charge < -0.3 is 4.42 Å². The van der Waals surface area contributed by atoms with Crippen LogP contribution < -0.4 is 0 Å². The Morgan fingerprint density at radius 1 is 1.30 bits per heavy atom. The van der Waals surface area contributed by atoms with Gasteiger partial charge in [-0.15, -0.1) is 0 Å². The molecule has 0 unspecified atom stereocenters. The van der Waals surface area contributed by atoms with E-state index >= 15 is 0 Å². The number of aromatic amines is 1. The fourth-order valence-corrected chi connectivity index (χ4v) is 2.01. The van der Waals surface area contributed by atoms with E-state index in [9.17, 15) is 10.1 Å². The van der Waals surface area contributed by atoms with Crippen molar-refractivity contribution in [3.63, 3.8) is 0 Å². The molecule has 0 radical (unpaired) electrons. The fourth-order valence-electron chi connectivity index (χ4n) is 1.70. The molecule has 2 heterocycles. The standard InChI is InChI=1S/C12H7BrN4O3/c13-10-5-4-9(20-10)12-14-11(15-16-12)7-2-1-3-8(6-7)17(18)19/h1-6H,(H,14,15,16). The third-order valence-electron chi connectivity index (χ3n) is 2.61. The summed E-state index contributed by atoms with van der Waals surface area (Å²) in [7, 11) is 0. The second kappa shape index (κ2) is 4.89. The number of aromatic nitrogens is 3. The Balaban J connectivity index is 1.98. The monoisotopic (exact) mass is 334 g/mol. The zero-order chi connectivity index (χ0) is 14.1. The Morgan fingerprint density at radius 3 is 2.85 bits per heavy atom. The summed E-state index contributed by atoms with van der Waals surface area (Å²) in [5.74, 6) is 1.36. The molecule has 0 atom stereocenters. The van der Waals surface area contributed by atoms with E-state index in [1.165, 1.54) is 12.1 Å². The predicted octanol–water partition coefficient (Wildman–Crippen LogP) is 3.40. The average Bonchev–Trinajstić information content (AvgIpc) is 3.07. The van der Waals surface area contributed by atoms with Gasteiger partial charge in [-0.2, -0.15) is 5.10 Å². The number of halogens is 1. The van der Waals surface area contributed by atoms with Crippen molar-refractivity contribution in [1.29, 1.82) is 0 Å². The Bertz CT molecular complexity index is 780. The van der Waals surface area contributed by atoms with Gasteiger partial charge in [0.05, 0.1) is 4.92 Å². The molecule has 100 valence electrons. The number of rotatable bonds is 3. The van der Waals surface area contributed by atoms with Gasteiger partial charge in [0.2, 0.25) is 0 Å². The lowest BCUT2D eigenvalue weighted by molar-refractivity contribution is -0.384. The van der Waals surface area contributed by atoms with E-state index in [2.05, 4.69) is 31.1 Å². The molecule has 1 N–H and O–H groups in total. The molecule has 0 spiro atoms. The molecule has 7 nitrogen and oxygen atoms in total. The van der Waals surface area contributed by atoms with Gasteiger partial charge in [-0.25, -0.2) is 4.98 Å². The molecule has 3 aromatic rings. The van der Waals surface area contributed by atoms with Crippen molar-refractivity contribution in [3.05, 3.63) is 51.2 Å². The maximum atomic E-state index is 10.8. The average molecular weight is 335 g/mol. The molecule has 20 heavy (non-hydrogen) atoms. The van der Waals surface area contributed by atoms with Crippen LogP contribution in [-0.4, -0.2) is 20.1 Å². The Kier molecular flexibility index (Phi) is 3.07. The highest BCUT2D eigenvalue weighted by Crippen LogP contribution is 2.25. The maximum absolute atomic E-state index is 10.8. The number of nitrogens with one attached hydrogen (secondary N) is 1. The zero-order valence-corrected chi connectivity index (χ0v) is 11.5. The van der Waals surface area contributed by atoms with Crippen LogP contribution in [0.2, 0.25) is 0 Å². The molecule has 8 heteroatoms. The summed E-state index contributed by atoms with van der Waals surface area (Å²) in [5.41, 5.74) is 0.557. The van der Waals surface area contributed by atoms with Gasteiger partial charge in [0, 0.05) is 17.7 Å². The van der Waals surface area contributed by atoms with E-state index < -0.39 is 4.92 Å². The minimum Gasteiger partial charge on any atom is -0.446 e. The third kappa shape index (κ3) is 2.32. The number of benzene rings is 1. The summed E-state index contributed by atoms with van der Waals surface area (Å²) in [4.78, 5) is 14.6. The van der Waals surface area contributed by atoms with Crippen LogP contribution in [0.4, 0.5) is 5.69 Å². The number of hydrogen-bond acceptors (Lipinski definition) is 5. The summed E-state index contributed by atoms with van der Waals surface area (Å²) in [6.45, 7) is 0. The lowest BCUT2D eigenvalue weighted by Gasteiger charge is -1.94. The van der Waals surface area contributed by atoms with Crippen molar-refractivity contribution in [2.75, 3.05) is 0 Å². The van der Waals surface area contributed by atoms with Crippen LogP contribution >= 0.6 is 15.9 Å². The van der Waals surface area contributed by atoms with Crippen LogP contribution in [0.15, 0.2) is 45.5 Å². The van der Waals surface area contributed by atoms with Crippen molar-refractivity contribution in [1.82, 2.24) is 15.2 Å². The number of nitrogens with zero attached hydrogens (tertiary/aromatic N) is 3. The van der Waals surface area contributed by atoms with Gasteiger partial charge in [-0.05, 0) is 28.1 Å².